The minimum atomic E-state index is -2.22. The van der Waals surface area contributed by atoms with Gasteiger partial charge in [0.25, 0.3) is 9.70 Å². The Hall–Kier alpha value is -0.580. The van der Waals surface area contributed by atoms with Crippen LogP contribution in [0.15, 0.2) is 18.2 Å². The number of rotatable bonds is 1. The molecule has 0 heterocycles. The van der Waals surface area contributed by atoms with E-state index in [-0.39, 0.29) is 5.69 Å². The zero-order chi connectivity index (χ0) is 11.6. The highest BCUT2D eigenvalue weighted by Gasteiger charge is 2.31. The van der Waals surface area contributed by atoms with Crippen molar-refractivity contribution in [2.24, 2.45) is 0 Å². The van der Waals surface area contributed by atoms with Crippen molar-refractivity contribution in [3.63, 3.8) is 0 Å². The summed E-state index contributed by atoms with van der Waals surface area (Å²) in [5, 5.41) is 1.94. The van der Waals surface area contributed by atoms with Gasteiger partial charge in [-0.1, -0.05) is 34.8 Å². The van der Waals surface area contributed by atoms with Crippen LogP contribution in [-0.4, -0.2) is 9.70 Å². The topological polar surface area (TPSA) is 29.1 Å². The maximum Gasteiger partial charge on any atom is 0.276 e. The fraction of sp³-hybridized carbons (Fsp3) is 0.125. The summed E-state index contributed by atoms with van der Waals surface area (Å²) in [5.41, 5.74) is -0.383. The molecule has 15 heavy (non-hydrogen) atoms. The van der Waals surface area contributed by atoms with Crippen LogP contribution in [-0.2, 0) is 4.79 Å². The summed E-state index contributed by atoms with van der Waals surface area (Å²) in [6.45, 7) is 0. The second-order valence-corrected chi connectivity index (χ2v) is 4.86. The Labute approximate surface area is 99.1 Å². The Balaban J connectivity index is 2.90. The standard InChI is InChI=1S/C8H4Cl3F2NO/c9-8(10,11)7(15)14-6-3-4(12)1-2-5(6)13/h1-3H,(H,14,15). The number of carbonyl (C=O) groups is 1. The first-order chi connectivity index (χ1) is 6.80. The molecular formula is C8H4Cl3F2NO. The molecule has 0 saturated carbocycles. The molecule has 2 nitrogen and oxygen atoms in total. The van der Waals surface area contributed by atoms with Crippen molar-refractivity contribution in [2.45, 2.75) is 3.79 Å². The van der Waals surface area contributed by atoms with E-state index in [1.165, 1.54) is 0 Å². The van der Waals surface area contributed by atoms with E-state index in [1.54, 1.807) is 0 Å². The third-order valence-corrected chi connectivity index (χ3v) is 1.95. The molecule has 0 fully saturated rings. The molecule has 1 N–H and O–H groups in total. The second kappa shape index (κ2) is 4.51. The van der Waals surface area contributed by atoms with Crippen LogP contribution in [0.5, 0.6) is 0 Å². The van der Waals surface area contributed by atoms with Crippen molar-refractivity contribution in [2.75, 3.05) is 5.32 Å². The van der Waals surface area contributed by atoms with Gasteiger partial charge in [-0.15, -0.1) is 0 Å². The lowest BCUT2D eigenvalue weighted by Crippen LogP contribution is -2.27. The number of amides is 1. The lowest BCUT2D eigenvalue weighted by atomic mass is 10.3. The van der Waals surface area contributed by atoms with Gasteiger partial charge in [0, 0.05) is 6.07 Å². The van der Waals surface area contributed by atoms with Crippen LogP contribution < -0.4 is 5.32 Å². The first kappa shape index (κ1) is 12.5. The summed E-state index contributed by atoms with van der Waals surface area (Å²) >= 11 is 15.7. The third kappa shape index (κ3) is 3.48. The van der Waals surface area contributed by atoms with Gasteiger partial charge in [-0.05, 0) is 12.1 Å². The molecule has 0 aliphatic carbocycles. The molecule has 0 radical (unpaired) electrons. The van der Waals surface area contributed by atoms with Gasteiger partial charge in [0.15, 0.2) is 0 Å². The summed E-state index contributed by atoms with van der Waals surface area (Å²) < 4.78 is 23.5. The van der Waals surface area contributed by atoms with Crippen LogP contribution >= 0.6 is 34.8 Å². The predicted molar refractivity (Wildman–Crippen MR) is 55.3 cm³/mol. The van der Waals surface area contributed by atoms with Crippen molar-refractivity contribution in [1.29, 1.82) is 0 Å². The van der Waals surface area contributed by atoms with Crippen molar-refractivity contribution < 1.29 is 13.6 Å². The molecule has 0 bridgehead atoms. The molecule has 7 heteroatoms. The van der Waals surface area contributed by atoms with Gasteiger partial charge >= 0.3 is 0 Å². The second-order valence-electron chi connectivity index (χ2n) is 2.58. The zero-order valence-corrected chi connectivity index (χ0v) is 9.30. The molecule has 0 aliphatic heterocycles. The Morgan fingerprint density at radius 2 is 1.87 bits per heavy atom. The molecule has 0 saturated heterocycles. The summed E-state index contributed by atoms with van der Waals surface area (Å²) in [6, 6.07) is 2.54. The maximum absolute atomic E-state index is 13.0. The molecular weight excluding hydrogens is 270 g/mol. The van der Waals surface area contributed by atoms with Gasteiger partial charge in [-0.25, -0.2) is 8.78 Å². The Kier molecular flexibility index (Phi) is 3.76. The molecule has 0 aromatic heterocycles. The minimum absolute atomic E-state index is 0.383. The summed E-state index contributed by atoms with van der Waals surface area (Å²) in [4.78, 5) is 11.1. The van der Waals surface area contributed by atoms with Gasteiger partial charge in [-0.2, -0.15) is 0 Å². The van der Waals surface area contributed by atoms with E-state index >= 15 is 0 Å². The molecule has 0 aliphatic rings. The number of halogens is 5. The highest BCUT2D eigenvalue weighted by atomic mass is 35.6. The van der Waals surface area contributed by atoms with Crippen LogP contribution in [0.1, 0.15) is 0 Å². The highest BCUT2D eigenvalue weighted by Crippen LogP contribution is 2.28. The summed E-state index contributed by atoms with van der Waals surface area (Å²) in [6.07, 6.45) is 0. The maximum atomic E-state index is 13.0. The Morgan fingerprint density at radius 1 is 1.27 bits per heavy atom. The van der Waals surface area contributed by atoms with E-state index in [2.05, 4.69) is 0 Å². The third-order valence-electron chi connectivity index (χ3n) is 1.43. The number of hydrogen-bond donors (Lipinski definition) is 1. The van der Waals surface area contributed by atoms with Crippen LogP contribution in [0.4, 0.5) is 14.5 Å². The predicted octanol–water partition coefficient (Wildman–Crippen LogP) is 3.27. The SMILES string of the molecule is O=C(Nc1cc(F)ccc1F)C(Cl)(Cl)Cl. The molecule has 1 aromatic carbocycles. The van der Waals surface area contributed by atoms with Crippen LogP contribution in [0.3, 0.4) is 0 Å². The van der Waals surface area contributed by atoms with E-state index in [1.807, 2.05) is 5.32 Å². The number of carbonyl (C=O) groups excluding carboxylic acids is 1. The van der Waals surface area contributed by atoms with Gasteiger partial charge in [0.2, 0.25) is 0 Å². The van der Waals surface area contributed by atoms with E-state index in [4.69, 9.17) is 34.8 Å². The Bertz CT molecular complexity index is 392. The monoisotopic (exact) mass is 273 g/mol. The van der Waals surface area contributed by atoms with Crippen LogP contribution in [0.25, 0.3) is 0 Å². The molecule has 1 rings (SSSR count). The number of benzene rings is 1. The zero-order valence-electron chi connectivity index (χ0n) is 7.03. The van der Waals surface area contributed by atoms with E-state index in [0.29, 0.717) is 0 Å². The van der Waals surface area contributed by atoms with Gasteiger partial charge in [0.05, 0.1) is 5.69 Å². The average Bonchev–Trinajstić information content (AvgIpc) is 2.09. The first-order valence-corrected chi connectivity index (χ1v) is 4.77. The molecule has 1 amide bonds. The molecule has 0 spiro atoms. The average molecular weight is 274 g/mol. The molecule has 0 unspecified atom stereocenters. The number of hydrogen-bond acceptors (Lipinski definition) is 1. The molecule has 1 aromatic rings. The normalized spacial score (nSPS) is 11.3. The molecule has 0 atom stereocenters. The van der Waals surface area contributed by atoms with Crippen molar-refractivity contribution in [3.05, 3.63) is 29.8 Å². The fourth-order valence-corrected chi connectivity index (χ4v) is 0.928. The van der Waals surface area contributed by atoms with Crippen molar-refractivity contribution in [1.82, 2.24) is 0 Å². The number of nitrogens with one attached hydrogen (secondary N) is 1. The van der Waals surface area contributed by atoms with E-state index < -0.39 is 21.3 Å². The smallest absolute Gasteiger partial charge is 0.276 e. The fourth-order valence-electron chi connectivity index (χ4n) is 0.786. The van der Waals surface area contributed by atoms with Crippen LogP contribution in [0, 0.1) is 11.6 Å². The van der Waals surface area contributed by atoms with Crippen molar-refractivity contribution in [3.8, 4) is 0 Å². The van der Waals surface area contributed by atoms with E-state index in [0.717, 1.165) is 18.2 Å². The lowest BCUT2D eigenvalue weighted by Gasteiger charge is -2.11. The van der Waals surface area contributed by atoms with Gasteiger partial charge in [-0.3, -0.25) is 4.79 Å². The highest BCUT2D eigenvalue weighted by molar-refractivity contribution is 6.76. The quantitative estimate of drug-likeness (QED) is 0.782. The van der Waals surface area contributed by atoms with Crippen molar-refractivity contribution >= 4 is 46.4 Å². The summed E-state index contributed by atoms with van der Waals surface area (Å²) in [7, 11) is 0. The van der Waals surface area contributed by atoms with Crippen LogP contribution in [0.2, 0.25) is 0 Å². The lowest BCUT2D eigenvalue weighted by molar-refractivity contribution is -0.115. The number of alkyl halides is 3. The Morgan fingerprint density at radius 3 is 2.40 bits per heavy atom. The van der Waals surface area contributed by atoms with Gasteiger partial charge in [0.1, 0.15) is 11.6 Å². The number of anilines is 1. The summed E-state index contributed by atoms with van der Waals surface area (Å²) in [5.74, 6) is -2.59. The molecule has 82 valence electrons. The van der Waals surface area contributed by atoms with E-state index in [9.17, 15) is 13.6 Å². The minimum Gasteiger partial charge on any atom is -0.320 e. The largest absolute Gasteiger partial charge is 0.320 e. The van der Waals surface area contributed by atoms with Gasteiger partial charge < -0.3 is 5.32 Å². The first-order valence-electron chi connectivity index (χ1n) is 3.64.